The molecule has 0 fully saturated rings. The van der Waals surface area contributed by atoms with Crippen molar-refractivity contribution in [2.75, 3.05) is 11.9 Å². The number of nitrogens with two attached hydrogens (primary N) is 1. The van der Waals surface area contributed by atoms with E-state index in [1.54, 1.807) is 6.92 Å². The summed E-state index contributed by atoms with van der Waals surface area (Å²) >= 11 is 0. The average Bonchev–Trinajstić information content (AvgIpc) is 3.08. The van der Waals surface area contributed by atoms with Crippen LogP contribution in [0.4, 0.5) is 5.69 Å². The van der Waals surface area contributed by atoms with E-state index in [1.165, 1.54) is 29.1 Å². The van der Waals surface area contributed by atoms with Gasteiger partial charge in [-0.05, 0) is 56.7 Å². The van der Waals surface area contributed by atoms with Gasteiger partial charge in [0.1, 0.15) is 0 Å². The Bertz CT molecular complexity index is 1120. The molecule has 1 heterocycles. The number of hydrogen-bond acceptors (Lipinski definition) is 6. The lowest BCUT2D eigenvalue weighted by Gasteiger charge is -2.06. The van der Waals surface area contributed by atoms with Gasteiger partial charge >= 0.3 is 5.97 Å². The fourth-order valence-electron chi connectivity index (χ4n) is 2.82. The number of aryl methyl sites for hydroxylation is 3. The van der Waals surface area contributed by atoms with E-state index in [-0.39, 0.29) is 5.69 Å². The minimum Gasteiger partial charge on any atom is -0.451 e. The van der Waals surface area contributed by atoms with Crippen molar-refractivity contribution in [1.82, 2.24) is 15.0 Å². The van der Waals surface area contributed by atoms with Crippen LogP contribution < -0.4 is 11.1 Å². The fourth-order valence-corrected chi connectivity index (χ4v) is 2.82. The molecule has 0 radical (unpaired) electrons. The largest absolute Gasteiger partial charge is 0.451 e. The molecule has 0 aliphatic carbocycles. The minimum absolute atomic E-state index is 0.0357. The average molecular weight is 407 g/mol. The van der Waals surface area contributed by atoms with Gasteiger partial charge in [-0.3, -0.25) is 9.59 Å². The Morgan fingerprint density at radius 1 is 1.03 bits per heavy atom. The van der Waals surface area contributed by atoms with E-state index >= 15 is 0 Å². The van der Waals surface area contributed by atoms with Gasteiger partial charge in [-0.2, -0.15) is 9.90 Å². The lowest BCUT2D eigenvalue weighted by atomic mass is 10.1. The number of amides is 2. The molecule has 2 amide bonds. The first kappa shape index (κ1) is 20.7. The maximum absolute atomic E-state index is 12.4. The van der Waals surface area contributed by atoms with Gasteiger partial charge in [-0.15, -0.1) is 5.10 Å². The Balaban J connectivity index is 1.62. The first-order valence-corrected chi connectivity index (χ1v) is 9.13. The highest BCUT2D eigenvalue weighted by molar-refractivity contribution is 5.96. The number of nitrogens with one attached hydrogen (secondary N) is 1. The monoisotopic (exact) mass is 407 g/mol. The highest BCUT2D eigenvalue weighted by atomic mass is 16.5. The third-order valence-electron chi connectivity index (χ3n) is 4.33. The van der Waals surface area contributed by atoms with E-state index in [9.17, 15) is 14.4 Å². The van der Waals surface area contributed by atoms with Gasteiger partial charge in [0, 0.05) is 11.3 Å². The molecule has 3 N–H and O–H groups in total. The second kappa shape index (κ2) is 8.56. The SMILES string of the molecule is Cc1ccc(-n2nc(C)c(C(=O)OCC(=O)Nc3ccc(C(N)=O)cc3)n2)c(C)c1. The van der Waals surface area contributed by atoms with E-state index in [2.05, 4.69) is 15.5 Å². The van der Waals surface area contributed by atoms with Crippen LogP contribution in [0.15, 0.2) is 42.5 Å². The van der Waals surface area contributed by atoms with Crippen molar-refractivity contribution in [2.45, 2.75) is 20.8 Å². The van der Waals surface area contributed by atoms with Crippen molar-refractivity contribution >= 4 is 23.5 Å². The van der Waals surface area contributed by atoms with Crippen LogP contribution in [0.5, 0.6) is 0 Å². The summed E-state index contributed by atoms with van der Waals surface area (Å²) in [5.74, 6) is -1.84. The summed E-state index contributed by atoms with van der Waals surface area (Å²) in [7, 11) is 0. The maximum Gasteiger partial charge on any atom is 0.361 e. The second-order valence-corrected chi connectivity index (χ2v) is 6.78. The number of primary amides is 1. The highest BCUT2D eigenvalue weighted by Gasteiger charge is 2.19. The summed E-state index contributed by atoms with van der Waals surface area (Å²) < 4.78 is 5.06. The molecule has 30 heavy (non-hydrogen) atoms. The highest BCUT2D eigenvalue weighted by Crippen LogP contribution is 2.16. The predicted octanol–water partition coefficient (Wildman–Crippen LogP) is 2.09. The van der Waals surface area contributed by atoms with Crippen molar-refractivity contribution in [3.63, 3.8) is 0 Å². The van der Waals surface area contributed by atoms with Crippen LogP contribution in [0, 0.1) is 20.8 Å². The van der Waals surface area contributed by atoms with E-state index < -0.39 is 24.4 Å². The Labute approximate surface area is 172 Å². The summed E-state index contributed by atoms with van der Waals surface area (Å²) in [5, 5.41) is 11.1. The number of aromatic nitrogens is 3. The number of nitrogens with zero attached hydrogens (tertiary/aromatic N) is 3. The van der Waals surface area contributed by atoms with E-state index in [4.69, 9.17) is 10.5 Å². The van der Waals surface area contributed by atoms with E-state index in [0.29, 0.717) is 16.9 Å². The molecule has 0 spiro atoms. The van der Waals surface area contributed by atoms with Gasteiger partial charge in [-0.25, -0.2) is 4.79 Å². The van der Waals surface area contributed by atoms with Crippen LogP contribution >= 0.6 is 0 Å². The predicted molar refractivity (Wildman–Crippen MR) is 109 cm³/mol. The van der Waals surface area contributed by atoms with Crippen LogP contribution in [-0.4, -0.2) is 39.4 Å². The Morgan fingerprint density at radius 2 is 1.73 bits per heavy atom. The zero-order valence-electron chi connectivity index (χ0n) is 16.8. The number of rotatable bonds is 6. The molecular formula is C21H21N5O4. The first-order valence-electron chi connectivity index (χ1n) is 9.13. The smallest absolute Gasteiger partial charge is 0.361 e. The van der Waals surface area contributed by atoms with Crippen LogP contribution in [0.3, 0.4) is 0 Å². The molecule has 0 atom stereocenters. The molecular weight excluding hydrogens is 386 g/mol. The van der Waals surface area contributed by atoms with Crippen LogP contribution in [0.1, 0.15) is 37.7 Å². The van der Waals surface area contributed by atoms with E-state index in [1.807, 2.05) is 32.0 Å². The number of esters is 1. The molecule has 0 unspecified atom stereocenters. The molecule has 9 nitrogen and oxygen atoms in total. The normalized spacial score (nSPS) is 10.5. The summed E-state index contributed by atoms with van der Waals surface area (Å²) in [6.45, 7) is 5.06. The molecule has 0 saturated heterocycles. The van der Waals surface area contributed by atoms with Gasteiger partial charge in [0.2, 0.25) is 5.91 Å². The zero-order valence-corrected chi connectivity index (χ0v) is 16.8. The van der Waals surface area contributed by atoms with Crippen molar-refractivity contribution in [3.05, 3.63) is 70.5 Å². The van der Waals surface area contributed by atoms with Gasteiger partial charge in [0.05, 0.1) is 11.4 Å². The van der Waals surface area contributed by atoms with Gasteiger partial charge in [0.25, 0.3) is 5.91 Å². The molecule has 0 bridgehead atoms. The molecule has 154 valence electrons. The summed E-state index contributed by atoms with van der Waals surface area (Å²) in [4.78, 5) is 36.8. The van der Waals surface area contributed by atoms with Crippen molar-refractivity contribution in [1.29, 1.82) is 0 Å². The van der Waals surface area contributed by atoms with Crippen molar-refractivity contribution in [3.8, 4) is 5.69 Å². The first-order chi connectivity index (χ1) is 14.2. The molecule has 2 aromatic carbocycles. The minimum atomic E-state index is -0.747. The zero-order chi connectivity index (χ0) is 21.8. The molecule has 3 aromatic rings. The standard InChI is InChI=1S/C21H21N5O4/c1-12-4-9-17(13(2)10-12)26-24-14(3)19(25-26)21(29)30-11-18(27)23-16-7-5-15(6-8-16)20(22)28/h4-10H,11H2,1-3H3,(H2,22,28)(H,23,27). The number of anilines is 1. The number of carbonyl (C=O) groups is 3. The van der Waals surface area contributed by atoms with Gasteiger partial charge in [0.15, 0.2) is 12.3 Å². The molecule has 3 rings (SSSR count). The number of ether oxygens (including phenoxy) is 1. The fraction of sp³-hybridized carbons (Fsp3) is 0.190. The Morgan fingerprint density at radius 3 is 2.37 bits per heavy atom. The van der Waals surface area contributed by atoms with Crippen LogP contribution in [-0.2, 0) is 9.53 Å². The summed E-state index contributed by atoms with van der Waals surface area (Å²) in [6.07, 6.45) is 0. The maximum atomic E-state index is 12.4. The molecule has 0 saturated carbocycles. The molecule has 0 aliphatic rings. The van der Waals surface area contributed by atoms with Crippen LogP contribution in [0.25, 0.3) is 5.69 Å². The lowest BCUT2D eigenvalue weighted by molar-refractivity contribution is -0.119. The third-order valence-corrected chi connectivity index (χ3v) is 4.33. The van der Waals surface area contributed by atoms with E-state index in [0.717, 1.165) is 16.8 Å². The lowest BCUT2D eigenvalue weighted by Crippen LogP contribution is -2.21. The number of hydrogen-bond donors (Lipinski definition) is 2. The summed E-state index contributed by atoms with van der Waals surface area (Å²) in [6, 6.07) is 11.8. The van der Waals surface area contributed by atoms with Gasteiger partial charge < -0.3 is 15.8 Å². The number of benzene rings is 2. The molecule has 1 aromatic heterocycles. The molecule has 0 aliphatic heterocycles. The Hall–Kier alpha value is -4.01. The topological polar surface area (TPSA) is 129 Å². The van der Waals surface area contributed by atoms with Crippen molar-refractivity contribution < 1.29 is 19.1 Å². The van der Waals surface area contributed by atoms with Gasteiger partial charge in [-0.1, -0.05) is 17.7 Å². The third kappa shape index (κ3) is 4.69. The Kier molecular flexibility index (Phi) is 5.91. The second-order valence-electron chi connectivity index (χ2n) is 6.78. The quantitative estimate of drug-likeness (QED) is 0.602. The molecule has 9 heteroatoms. The van der Waals surface area contributed by atoms with Crippen LogP contribution in [0.2, 0.25) is 0 Å². The van der Waals surface area contributed by atoms with Crippen molar-refractivity contribution in [2.24, 2.45) is 5.73 Å². The summed E-state index contributed by atoms with van der Waals surface area (Å²) in [5.41, 5.74) is 9.18. The number of carbonyl (C=O) groups excluding carboxylic acids is 3.